The van der Waals surface area contributed by atoms with E-state index in [0.717, 1.165) is 18.2 Å². The van der Waals surface area contributed by atoms with Gasteiger partial charge >= 0.3 is 5.69 Å². The molecular formula is C10H5F3N2O3. The van der Waals surface area contributed by atoms with Crippen LogP contribution in [-0.4, -0.2) is 14.7 Å². The average molecular weight is 258 g/mol. The number of hydrogen-bond donors (Lipinski definition) is 2. The van der Waals surface area contributed by atoms with E-state index in [4.69, 9.17) is 0 Å². The molecule has 0 spiro atoms. The van der Waals surface area contributed by atoms with Gasteiger partial charge in [-0.1, -0.05) is 6.07 Å². The average Bonchev–Trinajstić information content (AvgIpc) is 2.32. The Bertz CT molecular complexity index is 736. The minimum absolute atomic E-state index is 0.120. The molecule has 2 rings (SSSR count). The number of hydrogen-bond acceptors (Lipinski definition) is 3. The minimum Gasteiger partial charge on any atom is -0.492 e. The Balaban J connectivity index is 2.88. The van der Waals surface area contributed by atoms with Crippen molar-refractivity contribution in [1.29, 1.82) is 0 Å². The largest absolute Gasteiger partial charge is 0.492 e. The van der Waals surface area contributed by atoms with E-state index in [1.807, 2.05) is 0 Å². The molecular weight excluding hydrogens is 253 g/mol. The number of aromatic hydroxyl groups is 1. The third-order valence-corrected chi connectivity index (χ3v) is 2.20. The normalized spacial score (nSPS) is 10.6. The van der Waals surface area contributed by atoms with Crippen molar-refractivity contribution in [2.75, 3.05) is 0 Å². The number of rotatable bonds is 1. The van der Waals surface area contributed by atoms with Crippen LogP contribution in [0.2, 0.25) is 0 Å². The zero-order valence-electron chi connectivity index (χ0n) is 8.58. The number of nitrogens with zero attached hydrogens (tertiary/aromatic N) is 1. The van der Waals surface area contributed by atoms with Gasteiger partial charge in [0, 0.05) is 0 Å². The van der Waals surface area contributed by atoms with Gasteiger partial charge in [-0.05, 0) is 12.1 Å². The fourth-order valence-corrected chi connectivity index (χ4v) is 1.39. The summed E-state index contributed by atoms with van der Waals surface area (Å²) in [6, 6.07) is 2.78. The zero-order valence-corrected chi connectivity index (χ0v) is 8.58. The van der Waals surface area contributed by atoms with Crippen LogP contribution in [0, 0.1) is 17.5 Å². The molecule has 0 unspecified atom stereocenters. The lowest BCUT2D eigenvalue weighted by Gasteiger charge is -2.09. The highest BCUT2D eigenvalue weighted by atomic mass is 19.2. The summed E-state index contributed by atoms with van der Waals surface area (Å²) in [7, 11) is 0. The summed E-state index contributed by atoms with van der Waals surface area (Å²) in [5, 5.41) is 9.31. The van der Waals surface area contributed by atoms with Crippen molar-refractivity contribution < 1.29 is 18.3 Å². The molecule has 2 N–H and O–H groups in total. The molecule has 0 fully saturated rings. The quantitative estimate of drug-likeness (QED) is 0.788. The highest BCUT2D eigenvalue weighted by Crippen LogP contribution is 2.19. The van der Waals surface area contributed by atoms with Gasteiger partial charge in [0.05, 0.1) is 5.69 Å². The Morgan fingerprint density at radius 2 is 1.78 bits per heavy atom. The fraction of sp³-hybridized carbons (Fsp3) is 0. The highest BCUT2D eigenvalue weighted by molar-refractivity contribution is 5.37. The van der Waals surface area contributed by atoms with Crippen molar-refractivity contribution >= 4 is 0 Å². The van der Waals surface area contributed by atoms with E-state index in [1.54, 1.807) is 0 Å². The number of aromatic amines is 1. The molecule has 0 saturated carbocycles. The van der Waals surface area contributed by atoms with E-state index in [2.05, 4.69) is 0 Å². The molecule has 94 valence electrons. The molecule has 0 atom stereocenters. The molecule has 0 amide bonds. The monoisotopic (exact) mass is 258 g/mol. The lowest BCUT2D eigenvalue weighted by molar-refractivity contribution is 0.382. The van der Waals surface area contributed by atoms with Gasteiger partial charge in [-0.3, -0.25) is 9.78 Å². The van der Waals surface area contributed by atoms with Gasteiger partial charge < -0.3 is 5.11 Å². The number of nitrogens with one attached hydrogen (secondary N) is 1. The molecule has 2 aromatic rings. The Morgan fingerprint density at radius 3 is 2.44 bits per heavy atom. The molecule has 18 heavy (non-hydrogen) atoms. The first-order chi connectivity index (χ1) is 8.43. The molecule has 1 aromatic heterocycles. The fourth-order valence-electron chi connectivity index (χ4n) is 1.39. The minimum atomic E-state index is -1.67. The molecule has 0 saturated heterocycles. The van der Waals surface area contributed by atoms with Crippen LogP contribution in [0.4, 0.5) is 13.2 Å². The van der Waals surface area contributed by atoms with E-state index in [-0.39, 0.29) is 4.57 Å². The highest BCUT2D eigenvalue weighted by Gasteiger charge is 2.19. The van der Waals surface area contributed by atoms with Gasteiger partial charge in [0.15, 0.2) is 11.6 Å². The standard InChI is InChI=1S/C10H5F3N2O3/c11-4-2-1-3-5(6(4)12)15-9(17)7(13)8(16)14-10(15)18/h1-3,17H,(H,14,16,18). The maximum Gasteiger partial charge on any atom is 0.336 e. The van der Waals surface area contributed by atoms with Crippen LogP contribution in [0.1, 0.15) is 0 Å². The Kier molecular flexibility index (Phi) is 2.70. The number of H-pyrrole nitrogens is 1. The lowest BCUT2D eigenvalue weighted by atomic mass is 10.3. The summed E-state index contributed by atoms with van der Waals surface area (Å²) in [4.78, 5) is 23.7. The van der Waals surface area contributed by atoms with Gasteiger partial charge in [0.2, 0.25) is 11.7 Å². The maximum absolute atomic E-state index is 13.4. The van der Waals surface area contributed by atoms with E-state index >= 15 is 0 Å². The predicted molar refractivity (Wildman–Crippen MR) is 54.2 cm³/mol. The Hall–Kier alpha value is -2.51. The van der Waals surface area contributed by atoms with Gasteiger partial charge in [-0.2, -0.15) is 4.39 Å². The van der Waals surface area contributed by atoms with Gasteiger partial charge in [-0.15, -0.1) is 0 Å². The molecule has 8 heteroatoms. The van der Waals surface area contributed by atoms with E-state index in [9.17, 15) is 27.9 Å². The van der Waals surface area contributed by atoms with Crippen molar-refractivity contribution in [3.05, 3.63) is 56.5 Å². The summed E-state index contributed by atoms with van der Waals surface area (Å²) in [6.07, 6.45) is 0. The smallest absolute Gasteiger partial charge is 0.336 e. The van der Waals surface area contributed by atoms with Crippen LogP contribution in [0.25, 0.3) is 5.69 Å². The van der Waals surface area contributed by atoms with Crippen LogP contribution in [0.3, 0.4) is 0 Å². The summed E-state index contributed by atoms with van der Waals surface area (Å²) in [6.45, 7) is 0. The number of aromatic nitrogens is 2. The lowest BCUT2D eigenvalue weighted by Crippen LogP contribution is -2.31. The van der Waals surface area contributed by atoms with Crippen LogP contribution < -0.4 is 11.2 Å². The third-order valence-electron chi connectivity index (χ3n) is 2.20. The molecule has 1 aromatic carbocycles. The van der Waals surface area contributed by atoms with Crippen molar-refractivity contribution in [3.8, 4) is 11.6 Å². The zero-order chi connectivity index (χ0) is 13.4. The van der Waals surface area contributed by atoms with Crippen molar-refractivity contribution in [2.45, 2.75) is 0 Å². The van der Waals surface area contributed by atoms with Crippen LogP contribution in [0.15, 0.2) is 27.8 Å². The topological polar surface area (TPSA) is 75.1 Å². The predicted octanol–water partition coefficient (Wildman–Crippen LogP) is 0.649. The second-order valence-corrected chi connectivity index (χ2v) is 3.31. The summed E-state index contributed by atoms with van der Waals surface area (Å²) in [5.41, 5.74) is -3.46. The van der Waals surface area contributed by atoms with Crippen LogP contribution >= 0.6 is 0 Å². The molecule has 5 nitrogen and oxygen atoms in total. The first-order valence-corrected chi connectivity index (χ1v) is 4.61. The molecule has 0 bridgehead atoms. The third kappa shape index (κ3) is 1.67. The van der Waals surface area contributed by atoms with Crippen LogP contribution in [0.5, 0.6) is 5.88 Å². The van der Waals surface area contributed by atoms with Gasteiger partial charge in [-0.25, -0.2) is 18.1 Å². The van der Waals surface area contributed by atoms with Crippen LogP contribution in [-0.2, 0) is 0 Å². The SMILES string of the molecule is O=c1[nH]c(=O)n(-c2cccc(F)c2F)c(O)c1F. The second-order valence-electron chi connectivity index (χ2n) is 3.31. The van der Waals surface area contributed by atoms with Gasteiger partial charge in [0.25, 0.3) is 5.56 Å². The second kappa shape index (κ2) is 4.06. The molecule has 0 aliphatic heterocycles. The van der Waals surface area contributed by atoms with Crippen molar-refractivity contribution in [2.24, 2.45) is 0 Å². The van der Waals surface area contributed by atoms with Gasteiger partial charge in [0.1, 0.15) is 0 Å². The maximum atomic E-state index is 13.4. The van der Waals surface area contributed by atoms with E-state index in [1.165, 1.54) is 4.98 Å². The molecule has 0 aliphatic rings. The summed E-state index contributed by atoms with van der Waals surface area (Å²) >= 11 is 0. The first-order valence-electron chi connectivity index (χ1n) is 4.61. The number of halogens is 3. The summed E-state index contributed by atoms with van der Waals surface area (Å²) in [5.74, 6) is -5.81. The summed E-state index contributed by atoms with van der Waals surface area (Å²) < 4.78 is 39.6. The molecule has 1 heterocycles. The van der Waals surface area contributed by atoms with Crippen molar-refractivity contribution in [3.63, 3.8) is 0 Å². The van der Waals surface area contributed by atoms with E-state index in [0.29, 0.717) is 0 Å². The van der Waals surface area contributed by atoms with E-state index < -0.39 is 40.3 Å². The molecule has 0 radical (unpaired) electrons. The first kappa shape index (κ1) is 12.0. The number of benzene rings is 1. The Labute approximate surface area is 96.8 Å². The Morgan fingerprint density at radius 1 is 1.11 bits per heavy atom. The molecule has 0 aliphatic carbocycles. The van der Waals surface area contributed by atoms with Crippen molar-refractivity contribution in [1.82, 2.24) is 9.55 Å².